The lowest BCUT2D eigenvalue weighted by Gasteiger charge is -2.45. The lowest BCUT2D eigenvalue weighted by molar-refractivity contribution is 0.00669. The van der Waals surface area contributed by atoms with Gasteiger partial charge >= 0.3 is 0 Å². The van der Waals surface area contributed by atoms with Crippen molar-refractivity contribution in [3.05, 3.63) is 88.5 Å². The number of nitrogens with zero attached hydrogens (tertiary/aromatic N) is 4. The molecule has 0 bridgehead atoms. The number of aliphatic hydroxyl groups excluding tert-OH is 1. The number of nitriles is 1. The molecule has 2 N–H and O–H groups in total. The smallest absolute Gasteiger partial charge is 0.141 e. The second-order valence-corrected chi connectivity index (χ2v) is 9.43. The molecule has 2 heterocycles. The fourth-order valence-corrected chi connectivity index (χ4v) is 4.69. The van der Waals surface area contributed by atoms with E-state index in [0.717, 1.165) is 17.4 Å². The van der Waals surface area contributed by atoms with E-state index in [-0.39, 0.29) is 19.3 Å². The molecule has 0 spiro atoms. The van der Waals surface area contributed by atoms with E-state index in [1.165, 1.54) is 12.1 Å². The number of anilines is 1. The maximum absolute atomic E-state index is 13.3. The zero-order chi connectivity index (χ0) is 25.7. The first kappa shape index (κ1) is 25.9. The molecule has 36 heavy (non-hydrogen) atoms. The van der Waals surface area contributed by atoms with Crippen molar-refractivity contribution in [1.29, 1.82) is 5.26 Å². The van der Waals surface area contributed by atoms with Crippen LogP contribution in [0.5, 0.6) is 5.75 Å². The number of aliphatic hydroxyl groups is 2. The molecule has 0 unspecified atom stereocenters. The van der Waals surface area contributed by atoms with Gasteiger partial charge in [-0.2, -0.15) is 5.26 Å². The number of piperazine rings is 1. The molecule has 0 amide bonds. The number of hydrogen-bond acceptors (Lipinski definition) is 7. The van der Waals surface area contributed by atoms with Crippen LogP contribution in [0.1, 0.15) is 29.8 Å². The highest BCUT2D eigenvalue weighted by Crippen LogP contribution is 2.35. The number of pyridine rings is 1. The first-order chi connectivity index (χ1) is 17.3. The fourth-order valence-electron chi connectivity index (χ4n) is 4.56. The minimum Gasteiger partial charge on any atom is -0.491 e. The van der Waals surface area contributed by atoms with Crippen LogP contribution in [0, 0.1) is 17.1 Å². The summed E-state index contributed by atoms with van der Waals surface area (Å²) in [5, 5.41) is 30.7. The van der Waals surface area contributed by atoms with Crippen molar-refractivity contribution < 1.29 is 19.3 Å². The Morgan fingerprint density at radius 1 is 1.19 bits per heavy atom. The van der Waals surface area contributed by atoms with E-state index in [0.29, 0.717) is 48.2 Å². The van der Waals surface area contributed by atoms with Crippen molar-refractivity contribution in [2.24, 2.45) is 0 Å². The fraction of sp³-hybridized carbons (Fsp3) is 0.333. The summed E-state index contributed by atoms with van der Waals surface area (Å²) in [5.74, 6) is 0.0703. The van der Waals surface area contributed by atoms with Crippen LogP contribution in [0.15, 0.2) is 60.8 Å². The lowest BCUT2D eigenvalue weighted by Crippen LogP contribution is -2.52. The monoisotopic (exact) mass is 510 g/mol. The van der Waals surface area contributed by atoms with Crippen LogP contribution >= 0.6 is 11.6 Å². The Bertz CT molecular complexity index is 1220. The van der Waals surface area contributed by atoms with Gasteiger partial charge in [-0.3, -0.25) is 9.88 Å². The van der Waals surface area contributed by atoms with Crippen LogP contribution in [0.25, 0.3) is 0 Å². The average molecular weight is 511 g/mol. The minimum absolute atomic E-state index is 0.110. The summed E-state index contributed by atoms with van der Waals surface area (Å²) in [6.45, 7) is 3.84. The van der Waals surface area contributed by atoms with Gasteiger partial charge in [0, 0.05) is 31.2 Å². The van der Waals surface area contributed by atoms with Crippen LogP contribution in [0.3, 0.4) is 0 Å². The summed E-state index contributed by atoms with van der Waals surface area (Å²) in [7, 11) is 0. The summed E-state index contributed by atoms with van der Waals surface area (Å²) in [6.07, 6.45) is 1.11. The van der Waals surface area contributed by atoms with Gasteiger partial charge < -0.3 is 19.8 Å². The van der Waals surface area contributed by atoms with Gasteiger partial charge in [0.1, 0.15) is 29.8 Å². The average Bonchev–Trinajstić information content (AvgIpc) is 2.88. The molecule has 7 nitrogen and oxygen atoms in total. The largest absolute Gasteiger partial charge is 0.491 e. The molecule has 0 radical (unpaired) electrons. The van der Waals surface area contributed by atoms with Gasteiger partial charge in [0.15, 0.2) is 0 Å². The van der Waals surface area contributed by atoms with Crippen LogP contribution < -0.4 is 9.64 Å². The molecule has 188 valence electrons. The lowest BCUT2D eigenvalue weighted by atomic mass is 9.96. The molecule has 2 aromatic carbocycles. The topological polar surface area (TPSA) is 92.9 Å². The van der Waals surface area contributed by atoms with Gasteiger partial charge in [-0.05, 0) is 55.0 Å². The van der Waals surface area contributed by atoms with Crippen LogP contribution in [0.2, 0.25) is 5.02 Å². The highest BCUT2D eigenvalue weighted by molar-refractivity contribution is 6.30. The molecule has 1 aromatic heterocycles. The predicted molar refractivity (Wildman–Crippen MR) is 135 cm³/mol. The van der Waals surface area contributed by atoms with Gasteiger partial charge in [0.05, 0.1) is 35.8 Å². The molecule has 0 aliphatic carbocycles. The number of benzene rings is 2. The zero-order valence-electron chi connectivity index (χ0n) is 19.9. The van der Waals surface area contributed by atoms with E-state index in [4.69, 9.17) is 21.4 Å². The third kappa shape index (κ3) is 5.94. The summed E-state index contributed by atoms with van der Waals surface area (Å²) >= 11 is 6.14. The standard InChI is InChI=1S/C27H28ClFN4O3/c1-27(35,26-9-6-22(29)16-31-26)18-32-10-11-33(25(17-32)19-2-4-21(28)5-3-19)24-8-7-23(36-13-12-34)14-20(24)15-30/h2-9,14,16,25,34-35H,10-13,17-18H2,1H3/t25-,27+/m0/s1. The molecule has 4 rings (SSSR count). The number of ether oxygens (including phenoxy) is 1. The van der Waals surface area contributed by atoms with E-state index in [1.807, 2.05) is 30.3 Å². The van der Waals surface area contributed by atoms with Crippen molar-refractivity contribution in [1.82, 2.24) is 9.88 Å². The second-order valence-electron chi connectivity index (χ2n) is 8.99. The quantitative estimate of drug-likeness (QED) is 0.475. The van der Waals surface area contributed by atoms with Crippen LogP contribution in [-0.4, -0.2) is 59.5 Å². The Labute approximate surface area is 214 Å². The number of halogens is 2. The Morgan fingerprint density at radius 2 is 1.97 bits per heavy atom. The maximum Gasteiger partial charge on any atom is 0.141 e. The first-order valence-corrected chi connectivity index (χ1v) is 12.0. The highest BCUT2D eigenvalue weighted by Gasteiger charge is 2.34. The van der Waals surface area contributed by atoms with E-state index < -0.39 is 11.4 Å². The van der Waals surface area contributed by atoms with Gasteiger partial charge in [0.25, 0.3) is 0 Å². The Balaban J connectivity index is 1.62. The molecule has 1 fully saturated rings. The van der Waals surface area contributed by atoms with Crippen LogP contribution in [-0.2, 0) is 5.60 Å². The van der Waals surface area contributed by atoms with Gasteiger partial charge in [-0.1, -0.05) is 23.7 Å². The molecule has 9 heteroatoms. The molecule has 1 saturated heterocycles. The van der Waals surface area contributed by atoms with E-state index in [9.17, 15) is 14.8 Å². The summed E-state index contributed by atoms with van der Waals surface area (Å²) < 4.78 is 18.8. The number of rotatable bonds is 8. The number of β-amino-alcohol motifs (C(OH)–C–C–N with tert-alkyl or cyclic N) is 1. The van der Waals surface area contributed by atoms with Crippen molar-refractivity contribution in [3.8, 4) is 11.8 Å². The first-order valence-electron chi connectivity index (χ1n) is 11.7. The van der Waals surface area contributed by atoms with E-state index >= 15 is 0 Å². The summed E-state index contributed by atoms with van der Waals surface area (Å²) in [6, 6.07) is 17.9. The minimum atomic E-state index is -1.27. The summed E-state index contributed by atoms with van der Waals surface area (Å²) in [5.41, 5.74) is 1.40. The van der Waals surface area contributed by atoms with Crippen LogP contribution in [0.4, 0.5) is 10.1 Å². The second kappa shape index (κ2) is 11.2. The Hall–Kier alpha value is -3.22. The zero-order valence-corrected chi connectivity index (χ0v) is 20.7. The van der Waals surface area contributed by atoms with E-state index in [2.05, 4.69) is 20.9 Å². The molecule has 2 atom stereocenters. The molecular weight excluding hydrogens is 483 g/mol. The van der Waals surface area contributed by atoms with Crippen molar-refractivity contribution in [2.45, 2.75) is 18.6 Å². The maximum atomic E-state index is 13.3. The van der Waals surface area contributed by atoms with Gasteiger partial charge in [-0.25, -0.2) is 4.39 Å². The SMILES string of the molecule is C[C@@](O)(CN1CCN(c2ccc(OCCO)cc2C#N)[C@H](c2ccc(Cl)cc2)C1)c1ccc(F)cn1. The van der Waals surface area contributed by atoms with Crippen molar-refractivity contribution in [3.63, 3.8) is 0 Å². The molecule has 3 aromatic rings. The molecular formula is C27H28ClFN4O3. The molecule has 1 aliphatic heterocycles. The normalized spacial score (nSPS) is 17.9. The third-order valence-electron chi connectivity index (χ3n) is 6.29. The van der Waals surface area contributed by atoms with Crippen molar-refractivity contribution >= 4 is 17.3 Å². The van der Waals surface area contributed by atoms with Gasteiger partial charge in [0.2, 0.25) is 0 Å². The molecule has 0 saturated carbocycles. The van der Waals surface area contributed by atoms with Gasteiger partial charge in [-0.15, -0.1) is 0 Å². The predicted octanol–water partition coefficient (Wildman–Crippen LogP) is 3.89. The summed E-state index contributed by atoms with van der Waals surface area (Å²) in [4.78, 5) is 8.40. The Kier molecular flexibility index (Phi) is 8.07. The highest BCUT2D eigenvalue weighted by atomic mass is 35.5. The number of aromatic nitrogens is 1. The molecule has 1 aliphatic rings. The third-order valence-corrected chi connectivity index (χ3v) is 6.54. The Morgan fingerprint density at radius 3 is 2.64 bits per heavy atom. The van der Waals surface area contributed by atoms with Crippen molar-refractivity contribution in [2.75, 3.05) is 44.3 Å². The van der Waals surface area contributed by atoms with E-state index in [1.54, 1.807) is 19.1 Å². The number of hydrogen-bond donors (Lipinski definition) is 2.